The topological polar surface area (TPSA) is 32.3 Å². The van der Waals surface area contributed by atoms with E-state index in [-0.39, 0.29) is 11.6 Å². The Kier molecular flexibility index (Phi) is 5.11. The van der Waals surface area contributed by atoms with Gasteiger partial charge in [-0.2, -0.15) is 13.2 Å². The number of benzene rings is 1. The SMILES string of the molecule is CC(C)N1CCC(NC(=O)c2ccccc2C(F)(F)F)CC1. The smallest absolute Gasteiger partial charge is 0.349 e. The van der Waals surface area contributed by atoms with E-state index in [1.54, 1.807) is 0 Å². The predicted molar refractivity (Wildman–Crippen MR) is 78.6 cm³/mol. The van der Waals surface area contributed by atoms with Crippen LogP contribution in [0.4, 0.5) is 13.2 Å². The second-order valence-corrected chi connectivity index (χ2v) is 5.92. The van der Waals surface area contributed by atoms with Gasteiger partial charge in [0.2, 0.25) is 0 Å². The van der Waals surface area contributed by atoms with Gasteiger partial charge in [0.25, 0.3) is 5.91 Å². The number of alkyl halides is 3. The highest BCUT2D eigenvalue weighted by atomic mass is 19.4. The van der Waals surface area contributed by atoms with Crippen molar-refractivity contribution in [1.29, 1.82) is 0 Å². The summed E-state index contributed by atoms with van der Waals surface area (Å²) in [6.45, 7) is 5.92. The zero-order valence-corrected chi connectivity index (χ0v) is 12.8. The first-order valence-electron chi connectivity index (χ1n) is 7.50. The van der Waals surface area contributed by atoms with Gasteiger partial charge in [-0.05, 0) is 38.8 Å². The van der Waals surface area contributed by atoms with Crippen molar-refractivity contribution in [1.82, 2.24) is 10.2 Å². The van der Waals surface area contributed by atoms with Crippen LogP contribution in [-0.2, 0) is 6.18 Å². The minimum Gasteiger partial charge on any atom is -0.349 e. The number of nitrogens with one attached hydrogen (secondary N) is 1. The van der Waals surface area contributed by atoms with E-state index >= 15 is 0 Å². The van der Waals surface area contributed by atoms with E-state index in [1.807, 2.05) is 0 Å². The molecular formula is C16H21F3N2O. The van der Waals surface area contributed by atoms with Crippen LogP contribution in [-0.4, -0.2) is 36.0 Å². The molecule has 2 rings (SSSR count). The number of likely N-dealkylation sites (tertiary alicyclic amines) is 1. The summed E-state index contributed by atoms with van der Waals surface area (Å²) in [5.41, 5.74) is -1.19. The first-order valence-corrected chi connectivity index (χ1v) is 7.50. The van der Waals surface area contributed by atoms with Gasteiger partial charge < -0.3 is 10.2 Å². The molecule has 0 aliphatic carbocycles. The van der Waals surface area contributed by atoms with Gasteiger partial charge in [-0.15, -0.1) is 0 Å². The highest BCUT2D eigenvalue weighted by Crippen LogP contribution is 2.31. The van der Waals surface area contributed by atoms with Crippen LogP contribution < -0.4 is 5.32 Å². The Hall–Kier alpha value is -1.56. The number of carbonyl (C=O) groups is 1. The van der Waals surface area contributed by atoms with Crippen LogP contribution >= 0.6 is 0 Å². The lowest BCUT2D eigenvalue weighted by Gasteiger charge is -2.34. The summed E-state index contributed by atoms with van der Waals surface area (Å²) in [6.07, 6.45) is -2.99. The van der Waals surface area contributed by atoms with Gasteiger partial charge in [0.15, 0.2) is 0 Å². The Morgan fingerprint density at radius 1 is 1.23 bits per heavy atom. The fourth-order valence-electron chi connectivity index (χ4n) is 2.75. The molecule has 0 spiro atoms. The summed E-state index contributed by atoms with van der Waals surface area (Å²) in [4.78, 5) is 14.5. The number of carbonyl (C=O) groups excluding carboxylic acids is 1. The van der Waals surface area contributed by atoms with Crippen LogP contribution in [0.15, 0.2) is 24.3 Å². The summed E-state index contributed by atoms with van der Waals surface area (Å²) in [6, 6.07) is 5.29. The average molecular weight is 314 g/mol. The van der Waals surface area contributed by atoms with E-state index in [0.29, 0.717) is 6.04 Å². The maximum absolute atomic E-state index is 12.9. The third-order valence-corrected chi connectivity index (χ3v) is 4.07. The zero-order chi connectivity index (χ0) is 16.3. The third kappa shape index (κ3) is 4.00. The van der Waals surface area contributed by atoms with Crippen molar-refractivity contribution in [3.05, 3.63) is 35.4 Å². The van der Waals surface area contributed by atoms with Crippen molar-refractivity contribution in [3.8, 4) is 0 Å². The monoisotopic (exact) mass is 314 g/mol. The second-order valence-electron chi connectivity index (χ2n) is 5.92. The lowest BCUT2D eigenvalue weighted by molar-refractivity contribution is -0.137. The molecule has 1 saturated heterocycles. The van der Waals surface area contributed by atoms with Gasteiger partial charge in [0, 0.05) is 25.2 Å². The lowest BCUT2D eigenvalue weighted by atomic mass is 10.0. The van der Waals surface area contributed by atoms with E-state index in [1.165, 1.54) is 18.2 Å². The summed E-state index contributed by atoms with van der Waals surface area (Å²) in [5.74, 6) is -0.643. The lowest BCUT2D eigenvalue weighted by Crippen LogP contribution is -2.46. The maximum atomic E-state index is 12.9. The van der Waals surface area contributed by atoms with Crippen LogP contribution in [0.25, 0.3) is 0 Å². The minimum atomic E-state index is -4.52. The number of piperidine rings is 1. The molecule has 1 aliphatic rings. The number of rotatable bonds is 3. The van der Waals surface area contributed by atoms with E-state index < -0.39 is 17.6 Å². The molecule has 0 radical (unpaired) electrons. The normalized spacial score (nSPS) is 17.7. The Bertz CT molecular complexity index is 520. The second kappa shape index (κ2) is 6.69. The molecule has 3 nitrogen and oxygen atoms in total. The number of halogens is 3. The van der Waals surface area contributed by atoms with Crippen molar-refractivity contribution >= 4 is 5.91 Å². The fraction of sp³-hybridized carbons (Fsp3) is 0.562. The molecule has 0 unspecified atom stereocenters. The Labute approximate surface area is 128 Å². The molecule has 1 fully saturated rings. The van der Waals surface area contributed by atoms with Crippen molar-refractivity contribution < 1.29 is 18.0 Å². The molecule has 0 bridgehead atoms. The summed E-state index contributed by atoms with van der Waals surface area (Å²) in [7, 11) is 0. The molecule has 0 saturated carbocycles. The summed E-state index contributed by atoms with van der Waals surface area (Å²) >= 11 is 0. The van der Waals surface area contributed by atoms with Crippen LogP contribution in [0, 0.1) is 0 Å². The zero-order valence-electron chi connectivity index (χ0n) is 12.8. The molecule has 1 aromatic rings. The molecular weight excluding hydrogens is 293 g/mol. The Morgan fingerprint density at radius 3 is 2.36 bits per heavy atom. The van der Waals surface area contributed by atoms with Crippen LogP contribution in [0.1, 0.15) is 42.6 Å². The highest BCUT2D eigenvalue weighted by molar-refractivity contribution is 5.96. The molecule has 1 aliphatic heterocycles. The maximum Gasteiger partial charge on any atom is 0.417 e. The molecule has 22 heavy (non-hydrogen) atoms. The Morgan fingerprint density at radius 2 is 1.82 bits per heavy atom. The largest absolute Gasteiger partial charge is 0.417 e. The first-order chi connectivity index (χ1) is 10.3. The fourth-order valence-corrected chi connectivity index (χ4v) is 2.75. The first kappa shape index (κ1) is 16.8. The molecule has 1 amide bonds. The van der Waals surface area contributed by atoms with Gasteiger partial charge >= 0.3 is 6.18 Å². The minimum absolute atomic E-state index is 0.0659. The van der Waals surface area contributed by atoms with Gasteiger partial charge in [-0.3, -0.25) is 4.79 Å². The number of hydrogen-bond acceptors (Lipinski definition) is 2. The summed E-state index contributed by atoms with van der Waals surface area (Å²) in [5, 5.41) is 2.74. The molecule has 1 aromatic carbocycles. The van der Waals surface area contributed by atoms with E-state index in [4.69, 9.17) is 0 Å². The van der Waals surface area contributed by atoms with Crippen molar-refractivity contribution in [2.75, 3.05) is 13.1 Å². The number of amides is 1. The van der Waals surface area contributed by atoms with E-state index in [0.717, 1.165) is 32.0 Å². The Balaban J connectivity index is 2.02. The van der Waals surface area contributed by atoms with E-state index in [9.17, 15) is 18.0 Å². The molecule has 6 heteroatoms. The van der Waals surface area contributed by atoms with Gasteiger partial charge in [0.05, 0.1) is 11.1 Å². The number of nitrogens with zero attached hydrogens (tertiary/aromatic N) is 1. The van der Waals surface area contributed by atoms with Crippen LogP contribution in [0.5, 0.6) is 0 Å². The van der Waals surface area contributed by atoms with Gasteiger partial charge in [-0.25, -0.2) is 0 Å². The molecule has 0 atom stereocenters. The predicted octanol–water partition coefficient (Wildman–Crippen LogP) is 3.31. The average Bonchev–Trinajstić information content (AvgIpc) is 2.47. The van der Waals surface area contributed by atoms with Crippen LogP contribution in [0.3, 0.4) is 0 Å². The van der Waals surface area contributed by atoms with Gasteiger partial charge in [-0.1, -0.05) is 12.1 Å². The number of hydrogen-bond donors (Lipinski definition) is 1. The third-order valence-electron chi connectivity index (χ3n) is 4.07. The van der Waals surface area contributed by atoms with E-state index in [2.05, 4.69) is 24.1 Å². The van der Waals surface area contributed by atoms with Crippen molar-refractivity contribution in [2.45, 2.75) is 44.9 Å². The standard InChI is InChI=1S/C16H21F3N2O/c1-11(2)21-9-7-12(8-10-21)20-15(22)13-5-3-4-6-14(13)16(17,18)19/h3-6,11-12H,7-10H2,1-2H3,(H,20,22). The van der Waals surface area contributed by atoms with Crippen molar-refractivity contribution in [3.63, 3.8) is 0 Å². The molecule has 122 valence electrons. The summed E-state index contributed by atoms with van der Waals surface area (Å²) < 4.78 is 38.8. The van der Waals surface area contributed by atoms with Gasteiger partial charge in [0.1, 0.15) is 0 Å². The quantitative estimate of drug-likeness (QED) is 0.928. The molecule has 1 N–H and O–H groups in total. The highest BCUT2D eigenvalue weighted by Gasteiger charge is 2.35. The molecule has 1 heterocycles. The van der Waals surface area contributed by atoms with Crippen molar-refractivity contribution in [2.24, 2.45) is 0 Å². The molecule has 0 aromatic heterocycles. The van der Waals surface area contributed by atoms with Crippen LogP contribution in [0.2, 0.25) is 0 Å².